The summed E-state index contributed by atoms with van der Waals surface area (Å²) in [6.45, 7) is 0. The Morgan fingerprint density at radius 1 is 1.14 bits per heavy atom. The van der Waals surface area contributed by atoms with Crippen molar-refractivity contribution in [2.45, 2.75) is 10.8 Å². The van der Waals surface area contributed by atoms with Crippen molar-refractivity contribution in [1.82, 2.24) is 15.0 Å². The quantitative estimate of drug-likeness (QED) is 0.291. The molecule has 4 aromatic rings. The number of thiophene rings is 1. The van der Waals surface area contributed by atoms with Gasteiger partial charge in [-0.3, -0.25) is 0 Å². The van der Waals surface area contributed by atoms with Crippen LogP contribution in [0.1, 0.15) is 5.56 Å². The first-order chi connectivity index (χ1) is 10.8. The molecule has 0 fully saturated rings. The van der Waals surface area contributed by atoms with Gasteiger partial charge in [0.05, 0.1) is 5.52 Å². The van der Waals surface area contributed by atoms with E-state index in [4.69, 9.17) is 11.6 Å². The number of hydrogen-bond acceptors (Lipinski definition) is 5. The Hall–Kier alpha value is -1.69. The molecule has 6 heteroatoms. The summed E-state index contributed by atoms with van der Waals surface area (Å²) in [4.78, 5) is 14.1. The molecule has 3 aromatic heterocycles. The number of nitrogens with zero attached hydrogens (tertiary/aromatic N) is 3. The monoisotopic (exact) mass is 343 g/mol. The summed E-state index contributed by atoms with van der Waals surface area (Å²) >= 11 is 9.60. The topological polar surface area (TPSA) is 38.7 Å². The highest BCUT2D eigenvalue weighted by Crippen LogP contribution is 2.32. The SMILES string of the molecule is Clc1nc2ccccc2cc1CSc1ncnc2sccc12. The molecule has 0 saturated carbocycles. The maximum atomic E-state index is 6.31. The summed E-state index contributed by atoms with van der Waals surface area (Å²) < 4.78 is 0. The Balaban J connectivity index is 1.66. The molecule has 0 bridgehead atoms. The van der Waals surface area contributed by atoms with Gasteiger partial charge in [0, 0.05) is 22.1 Å². The Labute approximate surface area is 140 Å². The van der Waals surface area contributed by atoms with E-state index in [1.54, 1.807) is 29.4 Å². The summed E-state index contributed by atoms with van der Waals surface area (Å²) in [5.74, 6) is 0.735. The summed E-state index contributed by atoms with van der Waals surface area (Å²) in [6.07, 6.45) is 1.61. The normalized spacial score (nSPS) is 11.3. The number of halogens is 1. The molecule has 0 aliphatic rings. The second kappa shape index (κ2) is 5.83. The van der Waals surface area contributed by atoms with Crippen LogP contribution >= 0.6 is 34.7 Å². The Morgan fingerprint density at radius 3 is 3.00 bits per heavy atom. The molecule has 0 radical (unpaired) electrons. The minimum atomic E-state index is 0.557. The lowest BCUT2D eigenvalue weighted by Gasteiger charge is -2.06. The van der Waals surface area contributed by atoms with E-state index in [-0.39, 0.29) is 0 Å². The maximum absolute atomic E-state index is 6.31. The van der Waals surface area contributed by atoms with Crippen LogP contribution in [0, 0.1) is 0 Å². The smallest absolute Gasteiger partial charge is 0.133 e. The van der Waals surface area contributed by atoms with E-state index in [1.165, 1.54) is 0 Å². The van der Waals surface area contributed by atoms with Crippen LogP contribution < -0.4 is 0 Å². The summed E-state index contributed by atoms with van der Waals surface area (Å²) in [5, 5.41) is 5.78. The fraction of sp³-hybridized carbons (Fsp3) is 0.0625. The van der Waals surface area contributed by atoms with Gasteiger partial charge in [-0.25, -0.2) is 15.0 Å². The van der Waals surface area contributed by atoms with Gasteiger partial charge in [-0.15, -0.1) is 23.1 Å². The Kier molecular flexibility index (Phi) is 3.70. The number of rotatable bonds is 3. The zero-order valence-electron chi connectivity index (χ0n) is 11.4. The third-order valence-corrected chi connectivity index (χ3v) is 5.54. The zero-order chi connectivity index (χ0) is 14.9. The fourth-order valence-electron chi connectivity index (χ4n) is 2.27. The predicted octanol–water partition coefficient (Wildman–Crippen LogP) is 5.19. The molecule has 22 heavy (non-hydrogen) atoms. The highest BCUT2D eigenvalue weighted by atomic mass is 35.5. The average Bonchev–Trinajstić information content (AvgIpc) is 3.02. The third kappa shape index (κ3) is 2.56. The summed E-state index contributed by atoms with van der Waals surface area (Å²) in [5.41, 5.74) is 1.94. The molecule has 0 N–H and O–H groups in total. The molecule has 0 saturated heterocycles. The van der Waals surface area contributed by atoms with Gasteiger partial charge in [-0.05, 0) is 23.6 Å². The predicted molar refractivity (Wildman–Crippen MR) is 93.7 cm³/mol. The number of pyridine rings is 1. The van der Waals surface area contributed by atoms with E-state index in [0.717, 1.165) is 37.5 Å². The average molecular weight is 344 g/mol. The zero-order valence-corrected chi connectivity index (χ0v) is 13.8. The van der Waals surface area contributed by atoms with Crippen molar-refractivity contribution in [2.24, 2.45) is 0 Å². The second-order valence-corrected chi connectivity index (χ2v) is 6.95. The van der Waals surface area contributed by atoms with E-state index in [9.17, 15) is 0 Å². The van der Waals surface area contributed by atoms with Gasteiger partial charge < -0.3 is 0 Å². The van der Waals surface area contributed by atoms with Gasteiger partial charge in [0.25, 0.3) is 0 Å². The van der Waals surface area contributed by atoms with Gasteiger partial charge in [-0.2, -0.15) is 0 Å². The van der Waals surface area contributed by atoms with Crippen LogP contribution in [0.5, 0.6) is 0 Å². The molecule has 0 unspecified atom stereocenters. The molecule has 0 aliphatic heterocycles. The molecule has 3 nitrogen and oxygen atoms in total. The molecule has 0 aliphatic carbocycles. The van der Waals surface area contributed by atoms with Crippen molar-refractivity contribution in [3.63, 3.8) is 0 Å². The molecule has 108 valence electrons. The van der Waals surface area contributed by atoms with Crippen LogP contribution in [0.25, 0.3) is 21.1 Å². The number of aromatic nitrogens is 3. The Morgan fingerprint density at radius 2 is 2.05 bits per heavy atom. The first-order valence-corrected chi connectivity index (χ1v) is 8.91. The van der Waals surface area contributed by atoms with Crippen LogP contribution in [0.4, 0.5) is 0 Å². The molecular formula is C16H10ClN3S2. The van der Waals surface area contributed by atoms with Crippen molar-refractivity contribution in [1.29, 1.82) is 0 Å². The first-order valence-electron chi connectivity index (χ1n) is 6.66. The molecular weight excluding hydrogens is 334 g/mol. The number of benzene rings is 1. The summed E-state index contributed by atoms with van der Waals surface area (Å²) in [6, 6.07) is 12.2. The van der Waals surface area contributed by atoms with Crippen molar-refractivity contribution in [3.05, 3.63) is 58.8 Å². The van der Waals surface area contributed by atoms with E-state index in [2.05, 4.69) is 33.2 Å². The van der Waals surface area contributed by atoms with Gasteiger partial charge in [0.2, 0.25) is 0 Å². The summed E-state index contributed by atoms with van der Waals surface area (Å²) in [7, 11) is 0. The number of thioether (sulfide) groups is 1. The van der Waals surface area contributed by atoms with Gasteiger partial charge >= 0.3 is 0 Å². The molecule has 3 heterocycles. The molecule has 0 spiro atoms. The van der Waals surface area contributed by atoms with Crippen LogP contribution in [0.2, 0.25) is 5.15 Å². The largest absolute Gasteiger partial charge is 0.236 e. The molecule has 0 amide bonds. The Bertz CT molecular complexity index is 968. The maximum Gasteiger partial charge on any atom is 0.133 e. The van der Waals surface area contributed by atoms with Crippen LogP contribution in [0.15, 0.2) is 53.1 Å². The number of fused-ring (bicyclic) bond motifs is 2. The fourth-order valence-corrected chi connectivity index (χ4v) is 4.31. The third-order valence-electron chi connectivity index (χ3n) is 3.34. The lowest BCUT2D eigenvalue weighted by molar-refractivity contribution is 1.11. The van der Waals surface area contributed by atoms with E-state index >= 15 is 0 Å². The van der Waals surface area contributed by atoms with Gasteiger partial charge in [0.15, 0.2) is 0 Å². The first kappa shape index (κ1) is 13.9. The van der Waals surface area contributed by atoms with Gasteiger partial charge in [-0.1, -0.05) is 29.8 Å². The van der Waals surface area contributed by atoms with Crippen molar-refractivity contribution < 1.29 is 0 Å². The van der Waals surface area contributed by atoms with Gasteiger partial charge in [0.1, 0.15) is 21.3 Å². The van der Waals surface area contributed by atoms with E-state index < -0.39 is 0 Å². The lowest BCUT2D eigenvalue weighted by Crippen LogP contribution is -1.90. The van der Waals surface area contributed by atoms with Crippen LogP contribution in [-0.2, 0) is 5.75 Å². The van der Waals surface area contributed by atoms with E-state index in [1.807, 2.05) is 23.6 Å². The molecule has 4 rings (SSSR count). The number of hydrogen-bond donors (Lipinski definition) is 0. The highest BCUT2D eigenvalue weighted by Gasteiger charge is 2.09. The second-order valence-electron chi connectivity index (χ2n) is 4.74. The molecule has 0 atom stereocenters. The minimum Gasteiger partial charge on any atom is -0.236 e. The number of para-hydroxylation sites is 1. The van der Waals surface area contributed by atoms with E-state index in [0.29, 0.717) is 5.15 Å². The van der Waals surface area contributed by atoms with Crippen molar-refractivity contribution >= 4 is 55.8 Å². The lowest BCUT2D eigenvalue weighted by atomic mass is 10.2. The highest BCUT2D eigenvalue weighted by molar-refractivity contribution is 7.98. The molecule has 1 aromatic carbocycles. The van der Waals surface area contributed by atoms with Crippen LogP contribution in [-0.4, -0.2) is 15.0 Å². The van der Waals surface area contributed by atoms with Crippen molar-refractivity contribution in [3.8, 4) is 0 Å². The minimum absolute atomic E-state index is 0.557. The van der Waals surface area contributed by atoms with Crippen LogP contribution in [0.3, 0.4) is 0 Å². The van der Waals surface area contributed by atoms with Crippen molar-refractivity contribution in [2.75, 3.05) is 0 Å². The standard InChI is InChI=1S/C16H10ClN3S2/c17-14-11(7-10-3-1-2-4-13(10)20-14)8-22-16-12-5-6-21-15(12)18-9-19-16/h1-7,9H,8H2.